The summed E-state index contributed by atoms with van der Waals surface area (Å²) >= 11 is 0. The van der Waals surface area contributed by atoms with Gasteiger partial charge in [0.1, 0.15) is 5.75 Å². The van der Waals surface area contributed by atoms with Gasteiger partial charge in [0, 0.05) is 44.7 Å². The number of ether oxygens (including phenoxy) is 1. The number of hydrogen-bond donors (Lipinski definition) is 0. The first-order chi connectivity index (χ1) is 16.6. The lowest BCUT2D eigenvalue weighted by molar-refractivity contribution is -0.133. The molecule has 2 aliphatic heterocycles. The summed E-state index contributed by atoms with van der Waals surface area (Å²) in [5, 5.41) is 4.12. The Balaban J connectivity index is 1.14. The Hall–Kier alpha value is -3.72. The largest absolute Gasteiger partial charge is 0.482 e. The van der Waals surface area contributed by atoms with Gasteiger partial charge in [-0.05, 0) is 19.1 Å². The molecule has 1 unspecified atom stereocenters. The number of anilines is 1. The highest BCUT2D eigenvalue weighted by Crippen LogP contribution is 2.31. The molecule has 1 aromatic heterocycles. The van der Waals surface area contributed by atoms with E-state index in [-0.39, 0.29) is 30.9 Å². The molecular weight excluding hydrogens is 434 g/mol. The number of carbonyl (C=O) groups excluding carboxylic acids is 2. The molecule has 9 nitrogen and oxygen atoms in total. The van der Waals surface area contributed by atoms with E-state index in [0.717, 1.165) is 24.3 Å². The Labute approximate surface area is 197 Å². The lowest BCUT2D eigenvalue weighted by Gasteiger charge is -2.37. The molecule has 1 atom stereocenters. The molecule has 2 aromatic carbocycles. The van der Waals surface area contributed by atoms with Crippen molar-refractivity contribution in [2.75, 3.05) is 44.2 Å². The Morgan fingerprint density at radius 2 is 1.76 bits per heavy atom. The van der Waals surface area contributed by atoms with Crippen molar-refractivity contribution in [2.45, 2.75) is 19.4 Å². The van der Waals surface area contributed by atoms with Gasteiger partial charge in [0.25, 0.3) is 5.91 Å². The molecule has 176 valence electrons. The Morgan fingerprint density at radius 3 is 2.56 bits per heavy atom. The van der Waals surface area contributed by atoms with Crippen LogP contribution in [0.4, 0.5) is 5.69 Å². The zero-order valence-corrected chi connectivity index (χ0v) is 19.1. The van der Waals surface area contributed by atoms with Crippen molar-refractivity contribution >= 4 is 17.5 Å². The van der Waals surface area contributed by atoms with Crippen LogP contribution in [0.3, 0.4) is 0 Å². The highest BCUT2D eigenvalue weighted by molar-refractivity contribution is 5.98. The molecule has 2 aliphatic rings. The maximum Gasteiger partial charge on any atom is 0.265 e. The number of nitrogens with zero attached hydrogens (tertiary/aromatic N) is 5. The molecule has 5 rings (SSSR count). The number of amides is 2. The fourth-order valence-electron chi connectivity index (χ4n) is 4.39. The average Bonchev–Trinajstić information content (AvgIpc) is 3.38. The normalized spacial score (nSPS) is 17.3. The lowest BCUT2D eigenvalue weighted by atomic mass is 10.2. The van der Waals surface area contributed by atoms with E-state index < -0.39 is 0 Å². The highest BCUT2D eigenvalue weighted by atomic mass is 16.5. The number of benzene rings is 2. The average molecular weight is 462 g/mol. The summed E-state index contributed by atoms with van der Waals surface area (Å²) in [6.45, 7) is 5.07. The van der Waals surface area contributed by atoms with Gasteiger partial charge in [-0.15, -0.1) is 0 Å². The van der Waals surface area contributed by atoms with Gasteiger partial charge in [-0.25, -0.2) is 0 Å². The minimum Gasteiger partial charge on any atom is -0.482 e. The van der Waals surface area contributed by atoms with Gasteiger partial charge in [-0.3, -0.25) is 14.5 Å². The summed E-state index contributed by atoms with van der Waals surface area (Å²) in [5.41, 5.74) is 1.64. The van der Waals surface area contributed by atoms with E-state index in [1.54, 1.807) is 4.90 Å². The summed E-state index contributed by atoms with van der Waals surface area (Å²) in [6, 6.07) is 17.1. The maximum atomic E-state index is 12.9. The molecule has 1 fully saturated rings. The van der Waals surface area contributed by atoms with Crippen LogP contribution in [0.25, 0.3) is 11.4 Å². The van der Waals surface area contributed by atoms with E-state index in [0.29, 0.717) is 37.1 Å². The van der Waals surface area contributed by atoms with Crippen LogP contribution in [-0.2, 0) is 9.59 Å². The fourth-order valence-corrected chi connectivity index (χ4v) is 4.39. The molecule has 34 heavy (non-hydrogen) atoms. The second-order valence-electron chi connectivity index (χ2n) is 8.47. The molecule has 0 spiro atoms. The van der Waals surface area contributed by atoms with E-state index >= 15 is 0 Å². The second-order valence-corrected chi connectivity index (χ2v) is 8.47. The molecule has 0 bridgehead atoms. The van der Waals surface area contributed by atoms with E-state index in [4.69, 9.17) is 9.26 Å². The van der Waals surface area contributed by atoms with E-state index in [1.807, 2.05) is 66.4 Å². The van der Waals surface area contributed by atoms with Gasteiger partial charge in [-0.1, -0.05) is 47.6 Å². The van der Waals surface area contributed by atoms with Crippen molar-refractivity contribution in [1.82, 2.24) is 19.9 Å². The third kappa shape index (κ3) is 4.51. The zero-order valence-electron chi connectivity index (χ0n) is 19.1. The van der Waals surface area contributed by atoms with Crippen LogP contribution in [0.2, 0.25) is 0 Å². The number of para-hydroxylation sites is 2. The summed E-state index contributed by atoms with van der Waals surface area (Å²) in [5.74, 6) is 1.75. The van der Waals surface area contributed by atoms with Crippen molar-refractivity contribution < 1.29 is 18.8 Å². The molecular formula is C25H27N5O4. The molecule has 0 aliphatic carbocycles. The zero-order chi connectivity index (χ0) is 23.5. The third-order valence-corrected chi connectivity index (χ3v) is 6.40. The second kappa shape index (κ2) is 9.64. The van der Waals surface area contributed by atoms with Gasteiger partial charge >= 0.3 is 0 Å². The monoisotopic (exact) mass is 461 g/mol. The van der Waals surface area contributed by atoms with Crippen molar-refractivity contribution in [3.8, 4) is 17.1 Å². The Kier molecular flexibility index (Phi) is 6.27. The van der Waals surface area contributed by atoms with Crippen LogP contribution in [0.1, 0.15) is 25.3 Å². The predicted molar refractivity (Wildman–Crippen MR) is 125 cm³/mol. The number of carbonyl (C=O) groups is 2. The first-order valence-corrected chi connectivity index (χ1v) is 11.5. The summed E-state index contributed by atoms with van der Waals surface area (Å²) < 4.78 is 11.0. The highest BCUT2D eigenvalue weighted by Gasteiger charge is 2.29. The molecule has 3 aromatic rings. The van der Waals surface area contributed by atoms with Crippen LogP contribution >= 0.6 is 0 Å². The Morgan fingerprint density at radius 1 is 1.03 bits per heavy atom. The van der Waals surface area contributed by atoms with Gasteiger partial charge in [0.15, 0.2) is 6.61 Å². The molecule has 1 saturated heterocycles. The number of piperazine rings is 1. The smallest absolute Gasteiger partial charge is 0.265 e. The van der Waals surface area contributed by atoms with Crippen LogP contribution < -0.4 is 9.64 Å². The molecule has 2 amide bonds. The van der Waals surface area contributed by atoms with Gasteiger partial charge in [-0.2, -0.15) is 4.98 Å². The van der Waals surface area contributed by atoms with Crippen molar-refractivity contribution in [1.29, 1.82) is 0 Å². The first kappa shape index (κ1) is 22.1. The van der Waals surface area contributed by atoms with E-state index in [2.05, 4.69) is 15.0 Å². The van der Waals surface area contributed by atoms with Gasteiger partial charge in [0.2, 0.25) is 17.6 Å². The molecule has 0 saturated carbocycles. The SMILES string of the molecule is CC(c1nc(-c2ccccc2)no1)N1CCN(C(=O)CCN2C(=O)COc3ccccc32)CC1. The van der Waals surface area contributed by atoms with Gasteiger partial charge < -0.3 is 19.1 Å². The van der Waals surface area contributed by atoms with Crippen molar-refractivity contribution in [2.24, 2.45) is 0 Å². The topological polar surface area (TPSA) is 92.0 Å². The van der Waals surface area contributed by atoms with Crippen LogP contribution in [0, 0.1) is 0 Å². The first-order valence-electron chi connectivity index (χ1n) is 11.5. The lowest BCUT2D eigenvalue weighted by Crippen LogP contribution is -2.50. The van der Waals surface area contributed by atoms with E-state index in [9.17, 15) is 9.59 Å². The summed E-state index contributed by atoms with van der Waals surface area (Å²) in [4.78, 5) is 35.5. The predicted octanol–water partition coefficient (Wildman–Crippen LogP) is 2.76. The fraction of sp³-hybridized carbons (Fsp3) is 0.360. The molecule has 3 heterocycles. The van der Waals surface area contributed by atoms with Crippen LogP contribution in [-0.4, -0.2) is 71.1 Å². The molecule has 0 radical (unpaired) electrons. The molecule has 9 heteroatoms. The summed E-state index contributed by atoms with van der Waals surface area (Å²) in [7, 11) is 0. The Bertz CT molecular complexity index is 1160. The minimum atomic E-state index is -0.125. The standard InChI is InChI=1S/C25H27N5O4/c1-18(25-26-24(27-34-25)19-7-3-2-4-8-19)28-13-15-29(16-14-28)22(31)11-12-30-20-9-5-6-10-21(20)33-17-23(30)32/h2-10,18H,11-17H2,1H3. The number of aromatic nitrogens is 2. The molecule has 0 N–H and O–H groups in total. The summed E-state index contributed by atoms with van der Waals surface area (Å²) in [6.07, 6.45) is 0.278. The van der Waals surface area contributed by atoms with Crippen LogP contribution in [0.15, 0.2) is 59.1 Å². The minimum absolute atomic E-state index is 0.00340. The number of fused-ring (bicyclic) bond motifs is 1. The number of rotatable bonds is 6. The van der Waals surface area contributed by atoms with Crippen LogP contribution in [0.5, 0.6) is 5.75 Å². The quantitative estimate of drug-likeness (QED) is 0.557. The number of hydrogen-bond acceptors (Lipinski definition) is 7. The third-order valence-electron chi connectivity index (χ3n) is 6.40. The van der Waals surface area contributed by atoms with Crippen molar-refractivity contribution in [3.05, 3.63) is 60.5 Å². The van der Waals surface area contributed by atoms with Crippen molar-refractivity contribution in [3.63, 3.8) is 0 Å². The van der Waals surface area contributed by atoms with E-state index in [1.165, 1.54) is 0 Å². The maximum absolute atomic E-state index is 12.9. The van der Waals surface area contributed by atoms with Gasteiger partial charge in [0.05, 0.1) is 11.7 Å².